The SMILES string of the molecule is CCOc1ccc(-n2c(CN3CCN(C(=O)N[C@H](C)CC)CC3)nc3cccnc32)cc1. The number of benzene rings is 1. The average molecular weight is 437 g/mol. The smallest absolute Gasteiger partial charge is 0.317 e. The van der Waals surface area contributed by atoms with Gasteiger partial charge >= 0.3 is 6.03 Å². The molecular formula is C24H32N6O2. The number of amides is 2. The summed E-state index contributed by atoms with van der Waals surface area (Å²) in [6.45, 7) is 10.5. The summed E-state index contributed by atoms with van der Waals surface area (Å²) in [7, 11) is 0. The standard InChI is InChI=1S/C24H32N6O2/c1-4-18(3)26-24(31)29-15-13-28(14-16-29)17-22-27-21-7-6-12-25-23(21)30(22)19-8-10-20(11-9-19)32-5-2/h6-12,18H,4-5,13-17H2,1-3H3,(H,26,31)/t18-/m1/s1. The van der Waals surface area contributed by atoms with Crippen LogP contribution in [0, 0.1) is 0 Å². The lowest BCUT2D eigenvalue weighted by Crippen LogP contribution is -2.52. The Bertz CT molecular complexity index is 1040. The summed E-state index contributed by atoms with van der Waals surface area (Å²) in [6.07, 6.45) is 2.73. The zero-order chi connectivity index (χ0) is 22.5. The van der Waals surface area contributed by atoms with E-state index < -0.39 is 0 Å². The quantitative estimate of drug-likeness (QED) is 0.614. The van der Waals surface area contributed by atoms with Crippen molar-refractivity contribution >= 4 is 17.2 Å². The lowest BCUT2D eigenvalue weighted by Gasteiger charge is -2.35. The molecule has 0 unspecified atom stereocenters. The minimum atomic E-state index is 0.0322. The number of nitrogens with one attached hydrogen (secondary N) is 1. The number of hydrogen-bond donors (Lipinski definition) is 1. The molecule has 8 heteroatoms. The van der Waals surface area contributed by atoms with E-state index in [1.54, 1.807) is 6.20 Å². The first kappa shape index (κ1) is 22.1. The lowest BCUT2D eigenvalue weighted by atomic mass is 10.2. The van der Waals surface area contributed by atoms with Crippen LogP contribution in [0.15, 0.2) is 42.6 Å². The van der Waals surface area contributed by atoms with E-state index in [2.05, 4.69) is 26.7 Å². The molecule has 0 spiro atoms. The topological polar surface area (TPSA) is 75.5 Å². The van der Waals surface area contributed by atoms with Crippen molar-refractivity contribution in [3.05, 3.63) is 48.4 Å². The van der Waals surface area contributed by atoms with Crippen LogP contribution in [-0.2, 0) is 6.54 Å². The van der Waals surface area contributed by atoms with Gasteiger partial charge in [-0.3, -0.25) is 9.47 Å². The van der Waals surface area contributed by atoms with E-state index in [1.807, 2.05) is 55.1 Å². The van der Waals surface area contributed by atoms with Crippen LogP contribution in [0.1, 0.15) is 33.0 Å². The maximum Gasteiger partial charge on any atom is 0.317 e. The molecule has 3 aromatic rings. The number of ether oxygens (including phenoxy) is 1. The number of hydrogen-bond acceptors (Lipinski definition) is 5. The van der Waals surface area contributed by atoms with Gasteiger partial charge in [-0.25, -0.2) is 14.8 Å². The number of fused-ring (bicyclic) bond motifs is 1. The Labute approximate surface area is 189 Å². The number of nitrogens with zero attached hydrogens (tertiary/aromatic N) is 5. The number of urea groups is 1. The zero-order valence-electron chi connectivity index (χ0n) is 19.1. The average Bonchev–Trinajstić information content (AvgIpc) is 3.18. The predicted octanol–water partition coefficient (Wildman–Crippen LogP) is 3.44. The van der Waals surface area contributed by atoms with Crippen molar-refractivity contribution in [2.75, 3.05) is 32.8 Å². The molecule has 0 radical (unpaired) electrons. The van der Waals surface area contributed by atoms with Crippen molar-refractivity contribution in [2.24, 2.45) is 0 Å². The summed E-state index contributed by atoms with van der Waals surface area (Å²) >= 11 is 0. The number of piperazine rings is 1. The van der Waals surface area contributed by atoms with Crippen LogP contribution >= 0.6 is 0 Å². The van der Waals surface area contributed by atoms with Crippen molar-refractivity contribution in [1.29, 1.82) is 0 Å². The minimum absolute atomic E-state index is 0.0322. The highest BCUT2D eigenvalue weighted by Crippen LogP contribution is 2.23. The second-order valence-corrected chi connectivity index (χ2v) is 8.16. The van der Waals surface area contributed by atoms with Crippen molar-refractivity contribution < 1.29 is 9.53 Å². The van der Waals surface area contributed by atoms with Crippen molar-refractivity contribution in [3.8, 4) is 11.4 Å². The molecule has 1 aromatic carbocycles. The van der Waals surface area contributed by atoms with Gasteiger partial charge in [-0.15, -0.1) is 0 Å². The molecule has 32 heavy (non-hydrogen) atoms. The summed E-state index contributed by atoms with van der Waals surface area (Å²) in [5.41, 5.74) is 2.73. The Balaban J connectivity index is 1.50. The molecule has 1 fully saturated rings. The number of imidazole rings is 1. The van der Waals surface area contributed by atoms with Gasteiger partial charge in [0.15, 0.2) is 5.65 Å². The molecule has 2 amide bonds. The van der Waals surface area contributed by atoms with E-state index in [9.17, 15) is 4.79 Å². The molecule has 0 bridgehead atoms. The van der Waals surface area contributed by atoms with Crippen molar-refractivity contribution in [1.82, 2.24) is 29.7 Å². The molecule has 0 aliphatic carbocycles. The molecule has 1 saturated heterocycles. The fourth-order valence-electron chi connectivity index (χ4n) is 3.91. The molecule has 1 atom stereocenters. The van der Waals surface area contributed by atoms with E-state index >= 15 is 0 Å². The summed E-state index contributed by atoms with van der Waals surface area (Å²) in [5, 5.41) is 3.06. The first-order valence-corrected chi connectivity index (χ1v) is 11.4. The Morgan fingerprint density at radius 1 is 1.12 bits per heavy atom. The number of carbonyl (C=O) groups is 1. The number of carbonyl (C=O) groups excluding carboxylic acids is 1. The van der Waals surface area contributed by atoms with Crippen LogP contribution < -0.4 is 10.1 Å². The van der Waals surface area contributed by atoms with E-state index in [-0.39, 0.29) is 12.1 Å². The van der Waals surface area contributed by atoms with Gasteiger partial charge in [0.05, 0.1) is 13.2 Å². The van der Waals surface area contributed by atoms with Gasteiger partial charge in [-0.2, -0.15) is 0 Å². The third-order valence-electron chi connectivity index (χ3n) is 5.90. The fraction of sp³-hybridized carbons (Fsp3) is 0.458. The van der Waals surface area contributed by atoms with Gasteiger partial charge in [-0.1, -0.05) is 6.92 Å². The first-order valence-electron chi connectivity index (χ1n) is 11.4. The second kappa shape index (κ2) is 9.99. The zero-order valence-corrected chi connectivity index (χ0v) is 19.1. The van der Waals surface area contributed by atoms with Gasteiger partial charge < -0.3 is 15.0 Å². The Morgan fingerprint density at radius 2 is 1.88 bits per heavy atom. The highest BCUT2D eigenvalue weighted by atomic mass is 16.5. The Hall–Kier alpha value is -3.13. The van der Waals surface area contributed by atoms with Crippen LogP contribution in [0.5, 0.6) is 5.75 Å². The minimum Gasteiger partial charge on any atom is -0.494 e. The third kappa shape index (κ3) is 4.85. The van der Waals surface area contributed by atoms with Gasteiger partial charge in [0.25, 0.3) is 0 Å². The van der Waals surface area contributed by atoms with Gasteiger partial charge in [0.2, 0.25) is 0 Å². The lowest BCUT2D eigenvalue weighted by molar-refractivity contribution is 0.131. The van der Waals surface area contributed by atoms with Crippen LogP contribution in [0.2, 0.25) is 0 Å². The molecule has 1 aliphatic rings. The Morgan fingerprint density at radius 3 is 2.56 bits per heavy atom. The number of aromatic nitrogens is 3. The first-order chi connectivity index (χ1) is 15.6. The monoisotopic (exact) mass is 436 g/mol. The summed E-state index contributed by atoms with van der Waals surface area (Å²) in [6, 6.07) is 12.2. The molecule has 4 rings (SSSR count). The Kier molecular flexibility index (Phi) is 6.90. The maximum absolute atomic E-state index is 12.4. The third-order valence-corrected chi connectivity index (χ3v) is 5.90. The molecular weight excluding hydrogens is 404 g/mol. The molecule has 0 saturated carbocycles. The van der Waals surface area contributed by atoms with E-state index in [0.29, 0.717) is 26.2 Å². The van der Waals surface area contributed by atoms with Crippen LogP contribution in [0.25, 0.3) is 16.9 Å². The van der Waals surface area contributed by atoms with E-state index in [1.165, 1.54) is 0 Å². The highest BCUT2D eigenvalue weighted by molar-refractivity contribution is 5.75. The van der Waals surface area contributed by atoms with Crippen LogP contribution in [0.4, 0.5) is 4.79 Å². The summed E-state index contributed by atoms with van der Waals surface area (Å²) in [4.78, 5) is 26.1. The van der Waals surface area contributed by atoms with E-state index in [0.717, 1.165) is 47.9 Å². The number of pyridine rings is 1. The van der Waals surface area contributed by atoms with Gasteiger partial charge in [0.1, 0.15) is 17.1 Å². The van der Waals surface area contributed by atoms with Crippen LogP contribution in [0.3, 0.4) is 0 Å². The molecule has 170 valence electrons. The second-order valence-electron chi connectivity index (χ2n) is 8.16. The largest absolute Gasteiger partial charge is 0.494 e. The predicted molar refractivity (Wildman–Crippen MR) is 125 cm³/mol. The summed E-state index contributed by atoms with van der Waals surface area (Å²) < 4.78 is 7.71. The number of rotatable bonds is 7. The molecule has 8 nitrogen and oxygen atoms in total. The van der Waals surface area contributed by atoms with Crippen molar-refractivity contribution in [2.45, 2.75) is 39.8 Å². The molecule has 2 aromatic heterocycles. The molecule has 3 heterocycles. The van der Waals surface area contributed by atoms with E-state index in [4.69, 9.17) is 9.72 Å². The molecule has 1 N–H and O–H groups in total. The van der Waals surface area contributed by atoms with Crippen molar-refractivity contribution in [3.63, 3.8) is 0 Å². The van der Waals surface area contributed by atoms with Crippen LogP contribution in [-0.4, -0.2) is 69.2 Å². The molecule has 1 aliphatic heterocycles. The summed E-state index contributed by atoms with van der Waals surface area (Å²) in [5.74, 6) is 1.79. The maximum atomic E-state index is 12.4. The highest BCUT2D eigenvalue weighted by Gasteiger charge is 2.24. The normalized spacial score (nSPS) is 15.7. The van der Waals surface area contributed by atoms with Gasteiger partial charge in [-0.05, 0) is 56.7 Å². The van der Waals surface area contributed by atoms with Gasteiger partial charge in [0, 0.05) is 44.1 Å². The fourth-order valence-corrected chi connectivity index (χ4v) is 3.91.